The Kier molecular flexibility index (Phi) is 25.2. The van der Waals surface area contributed by atoms with Gasteiger partial charge in [0.1, 0.15) is 0 Å². The van der Waals surface area contributed by atoms with Crippen molar-refractivity contribution in [3.63, 3.8) is 0 Å². The Bertz CT molecular complexity index is 446. The van der Waals surface area contributed by atoms with Crippen molar-refractivity contribution in [3.05, 3.63) is 0 Å². The fourth-order valence-corrected chi connectivity index (χ4v) is 3.37. The van der Waals surface area contributed by atoms with E-state index in [2.05, 4.69) is 16.4 Å². The standard InChI is InChI=1S/C20H41NO5S.K/c1-2-3-4-5-6-7-8-9-10-11-12-13-14-15-16-17-20(22)21-18-19-26-27(23,24)25;/h2-19H2,1H3,(H,21,22)(H,23,24,25);/q;+1/p-1. The normalized spacial score (nSPS) is 11.2. The molecule has 0 rings (SSSR count). The summed E-state index contributed by atoms with van der Waals surface area (Å²) in [5, 5.41) is 2.54. The molecule has 0 aliphatic heterocycles. The van der Waals surface area contributed by atoms with Crippen molar-refractivity contribution in [2.45, 2.75) is 110 Å². The topological polar surface area (TPSA) is 95.5 Å². The van der Waals surface area contributed by atoms with Gasteiger partial charge in [-0.25, -0.2) is 8.42 Å². The molecule has 0 aromatic carbocycles. The maximum absolute atomic E-state index is 11.5. The molecule has 6 nitrogen and oxygen atoms in total. The summed E-state index contributed by atoms with van der Waals surface area (Å²) < 4.78 is 34.7. The minimum absolute atomic E-state index is 0. The summed E-state index contributed by atoms with van der Waals surface area (Å²) in [6.07, 6.45) is 19.7. The van der Waals surface area contributed by atoms with E-state index in [0.29, 0.717) is 6.42 Å². The van der Waals surface area contributed by atoms with Crippen molar-refractivity contribution < 1.29 is 73.3 Å². The van der Waals surface area contributed by atoms with Gasteiger partial charge in [0.05, 0.1) is 6.61 Å². The van der Waals surface area contributed by atoms with Crippen LogP contribution in [0.3, 0.4) is 0 Å². The van der Waals surface area contributed by atoms with Crippen LogP contribution in [0, 0.1) is 0 Å². The van der Waals surface area contributed by atoms with Gasteiger partial charge >= 0.3 is 51.4 Å². The zero-order chi connectivity index (χ0) is 20.2. The number of nitrogens with one attached hydrogen (secondary N) is 1. The number of hydrogen-bond donors (Lipinski definition) is 1. The van der Waals surface area contributed by atoms with Gasteiger partial charge in [0.2, 0.25) is 16.3 Å². The van der Waals surface area contributed by atoms with E-state index in [-0.39, 0.29) is 70.4 Å². The molecule has 0 spiro atoms. The molecule has 8 heteroatoms. The molecular weight excluding hydrogens is 405 g/mol. The van der Waals surface area contributed by atoms with Gasteiger partial charge < -0.3 is 9.87 Å². The fraction of sp³-hybridized carbons (Fsp3) is 0.950. The molecule has 0 bridgehead atoms. The number of carbonyl (C=O) groups is 1. The van der Waals surface area contributed by atoms with Crippen LogP contribution in [-0.2, 0) is 19.4 Å². The Morgan fingerprint density at radius 2 is 1.18 bits per heavy atom. The molecule has 1 amide bonds. The first kappa shape index (κ1) is 31.2. The Balaban J connectivity index is 0. The van der Waals surface area contributed by atoms with Crippen molar-refractivity contribution in [2.24, 2.45) is 0 Å². The smallest absolute Gasteiger partial charge is 0.726 e. The third kappa shape index (κ3) is 27.0. The summed E-state index contributed by atoms with van der Waals surface area (Å²) in [5.74, 6) is -0.128. The first-order valence-electron chi connectivity index (χ1n) is 10.8. The SMILES string of the molecule is CCCCCCCCCCCCCCCCCC(=O)NCCOS(=O)(=O)[O-].[K+]. The summed E-state index contributed by atoms with van der Waals surface area (Å²) in [6, 6.07) is 0. The van der Waals surface area contributed by atoms with Crippen LogP contribution in [0.2, 0.25) is 0 Å². The molecule has 1 N–H and O–H groups in total. The molecule has 0 aliphatic rings. The summed E-state index contributed by atoms with van der Waals surface area (Å²) in [4.78, 5) is 11.5. The molecule has 0 fully saturated rings. The third-order valence-corrected chi connectivity index (χ3v) is 5.11. The maximum Gasteiger partial charge on any atom is 1.00 e. The van der Waals surface area contributed by atoms with Crippen molar-refractivity contribution >= 4 is 16.3 Å². The first-order chi connectivity index (χ1) is 13.0. The Labute approximate surface area is 215 Å². The van der Waals surface area contributed by atoms with Crippen molar-refractivity contribution in [3.8, 4) is 0 Å². The number of hydrogen-bond acceptors (Lipinski definition) is 5. The molecule has 28 heavy (non-hydrogen) atoms. The van der Waals surface area contributed by atoms with E-state index in [4.69, 9.17) is 0 Å². The number of amides is 1. The molecule has 0 unspecified atom stereocenters. The Hall–Kier alpha value is 0.976. The zero-order valence-electron chi connectivity index (χ0n) is 18.2. The molecule has 0 heterocycles. The molecule has 0 saturated heterocycles. The monoisotopic (exact) mass is 445 g/mol. The van der Waals surface area contributed by atoms with E-state index in [0.717, 1.165) is 19.3 Å². The largest absolute Gasteiger partial charge is 1.00 e. The third-order valence-electron chi connectivity index (χ3n) is 4.66. The minimum Gasteiger partial charge on any atom is -0.726 e. The van der Waals surface area contributed by atoms with Gasteiger partial charge in [-0.1, -0.05) is 96.8 Å². The van der Waals surface area contributed by atoms with Crippen LogP contribution < -0.4 is 56.7 Å². The maximum atomic E-state index is 11.5. The first-order valence-corrected chi connectivity index (χ1v) is 12.2. The van der Waals surface area contributed by atoms with Crippen LogP contribution in [0.1, 0.15) is 110 Å². The number of rotatable bonds is 20. The van der Waals surface area contributed by atoms with E-state index in [1.165, 1.54) is 77.0 Å². The quantitative estimate of drug-likeness (QED) is 0.134. The van der Waals surface area contributed by atoms with Gasteiger partial charge in [-0.2, -0.15) is 0 Å². The van der Waals surface area contributed by atoms with Crippen molar-refractivity contribution in [1.29, 1.82) is 0 Å². The fourth-order valence-electron chi connectivity index (χ4n) is 3.08. The summed E-state index contributed by atoms with van der Waals surface area (Å²) in [5.41, 5.74) is 0. The van der Waals surface area contributed by atoms with Gasteiger partial charge in [0.25, 0.3) is 0 Å². The molecule has 0 aliphatic carbocycles. The summed E-state index contributed by atoms with van der Waals surface area (Å²) >= 11 is 0. The van der Waals surface area contributed by atoms with E-state index >= 15 is 0 Å². The molecule has 0 saturated carbocycles. The van der Waals surface area contributed by atoms with Crippen molar-refractivity contribution in [2.75, 3.05) is 13.2 Å². The predicted octanol–water partition coefficient (Wildman–Crippen LogP) is 1.84. The molecule has 162 valence electrons. The van der Waals surface area contributed by atoms with E-state index in [1.807, 2.05) is 0 Å². The Morgan fingerprint density at radius 1 is 0.786 bits per heavy atom. The van der Waals surface area contributed by atoms with Gasteiger partial charge in [-0.05, 0) is 6.42 Å². The van der Waals surface area contributed by atoms with E-state index in [1.54, 1.807) is 0 Å². The average molecular weight is 446 g/mol. The van der Waals surface area contributed by atoms with Crippen LogP contribution in [0.25, 0.3) is 0 Å². The van der Waals surface area contributed by atoms with Gasteiger partial charge in [0, 0.05) is 13.0 Å². The number of unbranched alkanes of at least 4 members (excludes halogenated alkanes) is 14. The number of carbonyl (C=O) groups excluding carboxylic acids is 1. The average Bonchev–Trinajstić information content (AvgIpc) is 2.61. The van der Waals surface area contributed by atoms with E-state index < -0.39 is 10.4 Å². The minimum atomic E-state index is -4.67. The molecule has 0 radical (unpaired) electrons. The Morgan fingerprint density at radius 3 is 1.57 bits per heavy atom. The van der Waals surface area contributed by atoms with Crippen LogP contribution in [-0.4, -0.2) is 32.0 Å². The van der Waals surface area contributed by atoms with E-state index in [9.17, 15) is 17.8 Å². The van der Waals surface area contributed by atoms with Crippen LogP contribution in [0.4, 0.5) is 0 Å². The zero-order valence-corrected chi connectivity index (χ0v) is 22.1. The second-order valence-electron chi connectivity index (χ2n) is 7.28. The molecular formula is C20H40KNO5S. The van der Waals surface area contributed by atoms with Gasteiger partial charge in [-0.3, -0.25) is 8.98 Å². The molecule has 0 aromatic rings. The van der Waals surface area contributed by atoms with Gasteiger partial charge in [0.15, 0.2) is 0 Å². The molecule has 0 aromatic heterocycles. The summed E-state index contributed by atoms with van der Waals surface area (Å²) in [7, 11) is -4.67. The molecule has 0 atom stereocenters. The van der Waals surface area contributed by atoms with Crippen molar-refractivity contribution in [1.82, 2.24) is 5.32 Å². The van der Waals surface area contributed by atoms with Gasteiger partial charge in [-0.15, -0.1) is 0 Å². The second kappa shape index (κ2) is 22.7. The van der Waals surface area contributed by atoms with Crippen LogP contribution >= 0.6 is 0 Å². The van der Waals surface area contributed by atoms with Crippen LogP contribution in [0.5, 0.6) is 0 Å². The summed E-state index contributed by atoms with van der Waals surface area (Å²) in [6.45, 7) is 1.99. The second-order valence-corrected chi connectivity index (χ2v) is 8.33. The van der Waals surface area contributed by atoms with Crippen LogP contribution in [0.15, 0.2) is 0 Å². The predicted molar refractivity (Wildman–Crippen MR) is 108 cm³/mol.